The highest BCUT2D eigenvalue weighted by molar-refractivity contribution is 5.31. The van der Waals surface area contributed by atoms with E-state index in [0.717, 1.165) is 36.3 Å². The monoisotopic (exact) mass is 483 g/mol. The molecule has 186 valence electrons. The predicted molar refractivity (Wildman–Crippen MR) is 142 cm³/mol. The Morgan fingerprint density at radius 3 is 2.31 bits per heavy atom. The molecule has 0 spiro atoms. The molecule has 2 aromatic heterocycles. The van der Waals surface area contributed by atoms with Gasteiger partial charge in [0.2, 0.25) is 0 Å². The predicted octanol–water partition coefficient (Wildman–Crippen LogP) is 5.93. The Bertz CT molecular complexity index is 1270. The normalized spacial score (nSPS) is 11.7. The van der Waals surface area contributed by atoms with E-state index >= 15 is 0 Å². The van der Waals surface area contributed by atoms with E-state index in [4.69, 9.17) is 9.47 Å². The standard InChI is InChI=1S/C30H33N3O3/c1-23-20-28(36-22-29-31-17-9-18-32-29)21-30(34)33(23)24(2)26-13-15-27(16-14-26)35-19-8-4-7-12-25-10-5-3-6-11-25/h3,5-6,9-11,13-18,20-21,24H,4,7-8,12,19,22H2,1-2H3/t24-/m1/s1. The maximum atomic E-state index is 12.9. The number of benzene rings is 2. The molecule has 0 unspecified atom stereocenters. The van der Waals surface area contributed by atoms with Crippen LogP contribution in [0, 0.1) is 6.92 Å². The van der Waals surface area contributed by atoms with Crippen LogP contribution in [0.15, 0.2) is 90.0 Å². The number of ether oxygens (including phenoxy) is 2. The average molecular weight is 484 g/mol. The van der Waals surface area contributed by atoms with Crippen molar-refractivity contribution in [3.63, 3.8) is 0 Å². The maximum Gasteiger partial charge on any atom is 0.254 e. The van der Waals surface area contributed by atoms with E-state index in [1.807, 2.05) is 44.2 Å². The Morgan fingerprint density at radius 2 is 1.58 bits per heavy atom. The second-order valence-electron chi connectivity index (χ2n) is 8.88. The SMILES string of the molecule is Cc1cc(OCc2ncccn2)cc(=O)n1[C@H](C)c1ccc(OCCCCCc2ccccc2)cc1. The molecule has 4 aromatic rings. The number of aryl methyl sites for hydroxylation is 2. The number of rotatable bonds is 12. The molecule has 6 nitrogen and oxygen atoms in total. The first-order chi connectivity index (χ1) is 17.6. The summed E-state index contributed by atoms with van der Waals surface area (Å²) in [6.45, 7) is 4.86. The van der Waals surface area contributed by atoms with Gasteiger partial charge in [-0.25, -0.2) is 9.97 Å². The van der Waals surface area contributed by atoms with Crippen LogP contribution in [0.5, 0.6) is 11.5 Å². The number of pyridine rings is 1. The van der Waals surface area contributed by atoms with Gasteiger partial charge in [-0.15, -0.1) is 0 Å². The van der Waals surface area contributed by atoms with Gasteiger partial charge in [0.05, 0.1) is 12.6 Å². The Labute approximate surface area is 212 Å². The first kappa shape index (κ1) is 25.2. The Morgan fingerprint density at radius 1 is 0.833 bits per heavy atom. The summed E-state index contributed by atoms with van der Waals surface area (Å²) >= 11 is 0. The van der Waals surface area contributed by atoms with E-state index in [9.17, 15) is 4.79 Å². The first-order valence-electron chi connectivity index (χ1n) is 12.5. The number of aromatic nitrogens is 3. The molecule has 0 aliphatic carbocycles. The van der Waals surface area contributed by atoms with E-state index in [1.54, 1.807) is 23.0 Å². The van der Waals surface area contributed by atoms with Gasteiger partial charge >= 0.3 is 0 Å². The molecule has 0 fully saturated rings. The smallest absolute Gasteiger partial charge is 0.254 e. The van der Waals surface area contributed by atoms with Gasteiger partial charge in [0, 0.05) is 24.2 Å². The zero-order chi connectivity index (χ0) is 25.2. The molecule has 0 saturated carbocycles. The maximum absolute atomic E-state index is 12.9. The van der Waals surface area contributed by atoms with Gasteiger partial charge in [-0.3, -0.25) is 4.79 Å². The van der Waals surface area contributed by atoms with E-state index < -0.39 is 0 Å². The zero-order valence-corrected chi connectivity index (χ0v) is 21.0. The highest BCUT2D eigenvalue weighted by atomic mass is 16.5. The van der Waals surface area contributed by atoms with Crippen LogP contribution < -0.4 is 15.0 Å². The lowest BCUT2D eigenvalue weighted by Gasteiger charge is -2.20. The number of unbranched alkanes of at least 4 members (excludes halogenated alkanes) is 2. The highest BCUT2D eigenvalue weighted by Crippen LogP contribution is 2.23. The molecular weight excluding hydrogens is 450 g/mol. The topological polar surface area (TPSA) is 66.2 Å². The van der Waals surface area contributed by atoms with E-state index in [-0.39, 0.29) is 18.2 Å². The summed E-state index contributed by atoms with van der Waals surface area (Å²) in [6.07, 6.45) is 7.79. The fraction of sp³-hybridized carbons (Fsp3) is 0.300. The van der Waals surface area contributed by atoms with Gasteiger partial charge in [0.25, 0.3) is 5.56 Å². The highest BCUT2D eigenvalue weighted by Gasteiger charge is 2.14. The van der Waals surface area contributed by atoms with Crippen LogP contribution in [0.1, 0.15) is 54.9 Å². The molecule has 36 heavy (non-hydrogen) atoms. The van der Waals surface area contributed by atoms with Crippen molar-refractivity contribution in [2.45, 2.75) is 52.2 Å². The molecule has 6 heteroatoms. The van der Waals surface area contributed by atoms with E-state index in [0.29, 0.717) is 18.2 Å². The van der Waals surface area contributed by atoms with E-state index in [1.165, 1.54) is 18.1 Å². The van der Waals surface area contributed by atoms with Crippen molar-refractivity contribution in [3.05, 3.63) is 118 Å². The number of hydrogen-bond donors (Lipinski definition) is 0. The van der Waals surface area contributed by atoms with Crippen molar-refractivity contribution in [1.29, 1.82) is 0 Å². The van der Waals surface area contributed by atoms with Gasteiger partial charge in [-0.1, -0.05) is 42.5 Å². The van der Waals surface area contributed by atoms with E-state index in [2.05, 4.69) is 40.3 Å². The third-order valence-electron chi connectivity index (χ3n) is 6.19. The lowest BCUT2D eigenvalue weighted by molar-refractivity contribution is 0.294. The molecule has 2 aromatic carbocycles. The van der Waals surface area contributed by atoms with Gasteiger partial charge < -0.3 is 14.0 Å². The molecule has 0 N–H and O–H groups in total. The lowest BCUT2D eigenvalue weighted by Crippen LogP contribution is -2.25. The average Bonchev–Trinajstić information content (AvgIpc) is 2.90. The quantitative estimate of drug-likeness (QED) is 0.234. The molecule has 0 radical (unpaired) electrons. The summed E-state index contributed by atoms with van der Waals surface area (Å²) < 4.78 is 13.4. The molecular formula is C30H33N3O3. The second-order valence-corrected chi connectivity index (χ2v) is 8.88. The molecule has 2 heterocycles. The Balaban J connectivity index is 1.27. The first-order valence-corrected chi connectivity index (χ1v) is 12.5. The second kappa shape index (κ2) is 12.7. The fourth-order valence-electron chi connectivity index (χ4n) is 4.25. The lowest BCUT2D eigenvalue weighted by atomic mass is 10.1. The van der Waals surface area contributed by atoms with Crippen molar-refractivity contribution < 1.29 is 9.47 Å². The number of hydrogen-bond acceptors (Lipinski definition) is 5. The van der Waals surface area contributed by atoms with Gasteiger partial charge in [-0.2, -0.15) is 0 Å². The van der Waals surface area contributed by atoms with Crippen LogP contribution in [-0.4, -0.2) is 21.1 Å². The van der Waals surface area contributed by atoms with Crippen molar-refractivity contribution in [3.8, 4) is 11.5 Å². The van der Waals surface area contributed by atoms with Gasteiger partial charge in [0.15, 0.2) is 5.82 Å². The zero-order valence-electron chi connectivity index (χ0n) is 21.0. The van der Waals surface area contributed by atoms with Crippen LogP contribution in [0.2, 0.25) is 0 Å². The largest absolute Gasteiger partial charge is 0.494 e. The summed E-state index contributed by atoms with van der Waals surface area (Å²) in [5.41, 5.74) is 3.15. The molecule has 4 rings (SSSR count). The molecule has 0 bridgehead atoms. The van der Waals surface area contributed by atoms with Crippen molar-refractivity contribution in [2.75, 3.05) is 6.61 Å². The van der Waals surface area contributed by atoms with Crippen molar-refractivity contribution in [2.24, 2.45) is 0 Å². The minimum Gasteiger partial charge on any atom is -0.494 e. The van der Waals surface area contributed by atoms with Crippen LogP contribution in [0.4, 0.5) is 0 Å². The molecule has 0 aliphatic rings. The van der Waals surface area contributed by atoms with Crippen LogP contribution in [0.3, 0.4) is 0 Å². The summed E-state index contributed by atoms with van der Waals surface area (Å²) in [5, 5.41) is 0. The van der Waals surface area contributed by atoms with Crippen LogP contribution in [0.25, 0.3) is 0 Å². The summed E-state index contributed by atoms with van der Waals surface area (Å²) in [4.78, 5) is 21.2. The minimum absolute atomic E-state index is 0.109. The van der Waals surface area contributed by atoms with Crippen LogP contribution >= 0.6 is 0 Å². The molecule has 0 amide bonds. The Kier molecular flexibility index (Phi) is 8.87. The molecule has 1 atom stereocenters. The summed E-state index contributed by atoms with van der Waals surface area (Å²) in [7, 11) is 0. The van der Waals surface area contributed by atoms with Crippen molar-refractivity contribution in [1.82, 2.24) is 14.5 Å². The molecule has 0 saturated heterocycles. The number of nitrogens with zero attached hydrogens (tertiary/aromatic N) is 3. The Hall–Kier alpha value is -3.93. The van der Waals surface area contributed by atoms with Gasteiger partial charge in [-0.05, 0) is 74.9 Å². The fourth-order valence-corrected chi connectivity index (χ4v) is 4.25. The minimum atomic E-state index is -0.115. The van der Waals surface area contributed by atoms with Gasteiger partial charge in [0.1, 0.15) is 18.1 Å². The third-order valence-corrected chi connectivity index (χ3v) is 6.19. The van der Waals surface area contributed by atoms with Crippen LogP contribution in [-0.2, 0) is 13.0 Å². The summed E-state index contributed by atoms with van der Waals surface area (Å²) in [5.74, 6) is 1.94. The third kappa shape index (κ3) is 7.04. The van der Waals surface area contributed by atoms with Crippen molar-refractivity contribution >= 4 is 0 Å². The molecule has 0 aliphatic heterocycles. The summed E-state index contributed by atoms with van der Waals surface area (Å²) in [6, 6.07) is 23.6.